The highest BCUT2D eigenvalue weighted by molar-refractivity contribution is 5.66. The third-order valence-corrected chi connectivity index (χ3v) is 2.81. The second-order valence-corrected chi connectivity index (χ2v) is 4.19. The summed E-state index contributed by atoms with van der Waals surface area (Å²) in [4.78, 5) is 8.41. The van der Waals surface area contributed by atoms with Crippen LogP contribution < -0.4 is 10.4 Å². The highest BCUT2D eigenvalue weighted by Crippen LogP contribution is 2.24. The zero-order valence-electron chi connectivity index (χ0n) is 10.8. The fraction of sp³-hybridized carbons (Fsp3) is 0. The molecule has 0 aliphatic rings. The van der Waals surface area contributed by atoms with Gasteiger partial charge in [0.25, 0.3) is 0 Å². The van der Waals surface area contributed by atoms with Gasteiger partial charge in [0.05, 0.1) is 11.4 Å². The Hall–Kier alpha value is -2.88. The number of anilines is 3. The lowest BCUT2D eigenvalue weighted by molar-refractivity contribution is 1.06. The lowest BCUT2D eigenvalue weighted by Crippen LogP contribution is -2.25. The van der Waals surface area contributed by atoms with Gasteiger partial charge in [-0.3, -0.25) is 10.4 Å². The van der Waals surface area contributed by atoms with Crippen molar-refractivity contribution in [2.45, 2.75) is 0 Å². The Morgan fingerprint density at radius 2 is 1.15 bits per heavy atom. The van der Waals surface area contributed by atoms with Crippen LogP contribution in [0.3, 0.4) is 0 Å². The molecule has 0 aliphatic heterocycles. The summed E-state index contributed by atoms with van der Waals surface area (Å²) in [5, 5.41) is 1.95. The summed E-state index contributed by atoms with van der Waals surface area (Å²) in [6.45, 7) is 0. The summed E-state index contributed by atoms with van der Waals surface area (Å²) in [7, 11) is 0. The van der Waals surface area contributed by atoms with Crippen molar-refractivity contribution < 1.29 is 0 Å². The summed E-state index contributed by atoms with van der Waals surface area (Å²) < 4.78 is 0. The van der Waals surface area contributed by atoms with Crippen molar-refractivity contribution in [2.24, 2.45) is 0 Å². The average Bonchev–Trinajstić information content (AvgIpc) is 2.55. The lowest BCUT2D eigenvalue weighted by Gasteiger charge is -2.25. The molecule has 1 aromatic heterocycles. The van der Waals surface area contributed by atoms with Crippen molar-refractivity contribution in [2.75, 3.05) is 10.4 Å². The Balaban J connectivity index is 1.96. The van der Waals surface area contributed by atoms with Gasteiger partial charge in [-0.25, -0.2) is 9.97 Å². The predicted molar refractivity (Wildman–Crippen MR) is 80.7 cm³/mol. The van der Waals surface area contributed by atoms with Crippen LogP contribution in [0.2, 0.25) is 0 Å². The summed E-state index contributed by atoms with van der Waals surface area (Å²) in [5.41, 5.74) is 5.26. The van der Waals surface area contributed by atoms with E-state index in [4.69, 9.17) is 0 Å². The maximum absolute atomic E-state index is 4.21. The van der Waals surface area contributed by atoms with Crippen LogP contribution in [0.1, 0.15) is 0 Å². The standard InChI is InChI=1S/C16H14N4/c1-3-8-14(9-4-1)20(15-10-5-2-6-11-15)19-16-17-12-7-13-18-16/h1-13H,(H,17,18,19). The Kier molecular flexibility index (Phi) is 3.55. The predicted octanol–water partition coefficient (Wildman–Crippen LogP) is 3.64. The molecule has 0 atom stereocenters. The van der Waals surface area contributed by atoms with Gasteiger partial charge in [0.2, 0.25) is 5.95 Å². The first-order valence-corrected chi connectivity index (χ1v) is 6.37. The third kappa shape index (κ3) is 2.75. The molecule has 0 saturated heterocycles. The topological polar surface area (TPSA) is 41.0 Å². The van der Waals surface area contributed by atoms with Gasteiger partial charge in [-0.1, -0.05) is 36.4 Å². The maximum atomic E-state index is 4.21. The molecule has 0 spiro atoms. The Morgan fingerprint density at radius 3 is 1.65 bits per heavy atom. The number of hydrazine groups is 1. The molecule has 4 heteroatoms. The van der Waals surface area contributed by atoms with Crippen molar-refractivity contribution in [1.29, 1.82) is 0 Å². The zero-order valence-corrected chi connectivity index (χ0v) is 10.8. The van der Waals surface area contributed by atoms with Crippen LogP contribution in [-0.4, -0.2) is 9.97 Å². The summed E-state index contributed by atoms with van der Waals surface area (Å²) in [5.74, 6) is 0.556. The van der Waals surface area contributed by atoms with Crippen molar-refractivity contribution in [3.63, 3.8) is 0 Å². The van der Waals surface area contributed by atoms with Crippen molar-refractivity contribution >= 4 is 17.3 Å². The largest absolute Gasteiger partial charge is 0.261 e. The normalized spacial score (nSPS) is 10.0. The second kappa shape index (κ2) is 5.84. The number of rotatable bonds is 4. The van der Waals surface area contributed by atoms with Gasteiger partial charge < -0.3 is 0 Å². The molecular formula is C16H14N4. The highest BCUT2D eigenvalue weighted by atomic mass is 15.5. The van der Waals surface area contributed by atoms with Gasteiger partial charge >= 0.3 is 0 Å². The quantitative estimate of drug-likeness (QED) is 0.729. The fourth-order valence-electron chi connectivity index (χ4n) is 1.89. The first-order valence-electron chi connectivity index (χ1n) is 6.37. The smallest absolute Gasteiger partial charge is 0.242 e. The van der Waals surface area contributed by atoms with Crippen LogP contribution in [0.4, 0.5) is 17.3 Å². The van der Waals surface area contributed by atoms with Crippen LogP contribution in [0.25, 0.3) is 0 Å². The molecule has 0 radical (unpaired) electrons. The van der Waals surface area contributed by atoms with Crippen LogP contribution in [0, 0.1) is 0 Å². The summed E-state index contributed by atoms with van der Waals surface area (Å²) in [6.07, 6.45) is 3.42. The zero-order chi connectivity index (χ0) is 13.6. The van der Waals surface area contributed by atoms with E-state index < -0.39 is 0 Å². The van der Waals surface area contributed by atoms with E-state index in [1.165, 1.54) is 0 Å². The lowest BCUT2D eigenvalue weighted by atomic mass is 10.2. The monoisotopic (exact) mass is 262 g/mol. The minimum absolute atomic E-state index is 0.556. The van der Waals surface area contributed by atoms with Crippen molar-refractivity contribution in [1.82, 2.24) is 9.97 Å². The van der Waals surface area contributed by atoms with Crippen LogP contribution in [0.15, 0.2) is 79.1 Å². The molecule has 0 fully saturated rings. The molecule has 20 heavy (non-hydrogen) atoms. The van der Waals surface area contributed by atoms with E-state index in [9.17, 15) is 0 Å². The number of para-hydroxylation sites is 2. The number of benzene rings is 2. The van der Waals surface area contributed by atoms with E-state index >= 15 is 0 Å². The molecule has 2 aromatic carbocycles. The van der Waals surface area contributed by atoms with E-state index in [0.717, 1.165) is 11.4 Å². The minimum atomic E-state index is 0.556. The third-order valence-electron chi connectivity index (χ3n) is 2.81. The molecule has 1 heterocycles. The molecule has 1 N–H and O–H groups in total. The first kappa shape index (κ1) is 12.2. The maximum Gasteiger partial charge on any atom is 0.242 e. The molecule has 98 valence electrons. The molecule has 3 aromatic rings. The number of nitrogens with one attached hydrogen (secondary N) is 1. The van der Waals surface area contributed by atoms with Crippen LogP contribution >= 0.6 is 0 Å². The summed E-state index contributed by atoms with van der Waals surface area (Å²) in [6, 6.07) is 21.9. The number of aromatic nitrogens is 2. The van der Waals surface area contributed by atoms with E-state index in [1.54, 1.807) is 18.5 Å². The molecule has 0 aliphatic carbocycles. The molecule has 3 rings (SSSR count). The van der Waals surface area contributed by atoms with E-state index in [2.05, 4.69) is 15.4 Å². The molecule has 4 nitrogen and oxygen atoms in total. The molecule has 0 unspecified atom stereocenters. The van der Waals surface area contributed by atoms with Gasteiger partial charge in [-0.05, 0) is 30.3 Å². The van der Waals surface area contributed by atoms with Gasteiger partial charge in [0.15, 0.2) is 0 Å². The molecule has 0 amide bonds. The Labute approximate surface area is 117 Å². The molecule has 0 saturated carbocycles. The molecule has 0 bridgehead atoms. The summed E-state index contributed by atoms with van der Waals surface area (Å²) >= 11 is 0. The number of hydrogen-bond donors (Lipinski definition) is 1. The van der Waals surface area contributed by atoms with Gasteiger partial charge in [0.1, 0.15) is 0 Å². The van der Waals surface area contributed by atoms with Gasteiger partial charge in [0, 0.05) is 12.4 Å². The first-order chi connectivity index (χ1) is 9.93. The van der Waals surface area contributed by atoms with Gasteiger partial charge in [-0.15, -0.1) is 0 Å². The van der Waals surface area contributed by atoms with E-state index in [-0.39, 0.29) is 0 Å². The van der Waals surface area contributed by atoms with E-state index in [1.807, 2.05) is 65.7 Å². The SMILES string of the molecule is c1ccc(N(Nc2ncccn2)c2ccccc2)cc1. The molecular weight excluding hydrogens is 248 g/mol. The number of hydrogen-bond acceptors (Lipinski definition) is 4. The van der Waals surface area contributed by atoms with E-state index in [0.29, 0.717) is 5.95 Å². The van der Waals surface area contributed by atoms with Crippen LogP contribution in [0.5, 0.6) is 0 Å². The Morgan fingerprint density at radius 1 is 0.650 bits per heavy atom. The van der Waals surface area contributed by atoms with Crippen molar-refractivity contribution in [3.8, 4) is 0 Å². The minimum Gasteiger partial charge on any atom is -0.261 e. The number of nitrogens with zero attached hydrogens (tertiary/aromatic N) is 3. The van der Waals surface area contributed by atoms with Gasteiger partial charge in [-0.2, -0.15) is 0 Å². The Bertz CT molecular complexity index is 602. The fourth-order valence-corrected chi connectivity index (χ4v) is 1.89. The van der Waals surface area contributed by atoms with Crippen molar-refractivity contribution in [3.05, 3.63) is 79.1 Å². The van der Waals surface area contributed by atoms with Crippen LogP contribution in [-0.2, 0) is 0 Å². The second-order valence-electron chi connectivity index (χ2n) is 4.19. The highest BCUT2D eigenvalue weighted by Gasteiger charge is 2.09. The average molecular weight is 262 g/mol.